The molecular formula is C82H77F3N10O18S3. The summed E-state index contributed by atoms with van der Waals surface area (Å²) < 4.78 is 148. The topological polar surface area (TPSA) is 341 Å². The minimum Gasteiger partial charge on any atom is -0.497 e. The van der Waals surface area contributed by atoms with Crippen molar-refractivity contribution in [1.82, 2.24) is 35.0 Å². The summed E-state index contributed by atoms with van der Waals surface area (Å²) in [6.07, 6.45) is 7.89. The number of aromatic carboxylic acids is 1. The molecule has 6 heterocycles. The fourth-order valence-corrected chi connectivity index (χ4v) is 15.8. The summed E-state index contributed by atoms with van der Waals surface area (Å²) >= 11 is 0. The zero-order chi connectivity index (χ0) is 83.7. The Bertz CT molecular complexity index is 6210. The fraction of sp³-hybridized carbons (Fsp3) is 0.232. The Morgan fingerprint density at radius 3 is 1.18 bits per heavy atom. The number of benzene rings is 8. The SMILES string of the molecule is CNC(=O)c1cc(F)ccc1CN1Cc2c(c(C)c3ncccc3c2N(C)S(C)(=O)=O)C1=O.COC(=O)c1cc(F)ccc1CN1Cc2c(c(OCc3ccc(OC)cc3)c3ncccc3c2N(C)S(C)(=O)=O)C1=O.COc1ccc(COc2c3c(c(N(C)S(C)(=O)=O)c4cccnc24)CN(Cc2ccc(F)cc2C(=O)O)C3=O)cc1. The van der Waals surface area contributed by atoms with Crippen LogP contribution in [-0.2, 0) is 87.3 Å². The van der Waals surface area contributed by atoms with Crippen LogP contribution in [0.25, 0.3) is 32.7 Å². The number of pyridine rings is 3. The van der Waals surface area contributed by atoms with Crippen molar-refractivity contribution in [1.29, 1.82) is 0 Å². The third-order valence-electron chi connectivity index (χ3n) is 20.0. The molecule has 116 heavy (non-hydrogen) atoms. The number of amides is 4. The Morgan fingerprint density at radius 1 is 0.483 bits per heavy atom. The number of nitrogens with one attached hydrogen (secondary N) is 1. The Morgan fingerprint density at radius 2 is 0.819 bits per heavy atom. The van der Waals surface area contributed by atoms with E-state index >= 15 is 0 Å². The molecule has 0 atom stereocenters. The number of carboxylic acids is 1. The Balaban J connectivity index is 0.000000162. The summed E-state index contributed by atoms with van der Waals surface area (Å²) in [6.45, 7) is 1.91. The molecule has 0 saturated heterocycles. The van der Waals surface area contributed by atoms with Crippen molar-refractivity contribution >= 4 is 115 Å². The van der Waals surface area contributed by atoms with E-state index in [2.05, 4.69) is 20.3 Å². The van der Waals surface area contributed by atoms with Crippen LogP contribution in [-0.4, -0.2) is 164 Å². The predicted molar refractivity (Wildman–Crippen MR) is 426 cm³/mol. The van der Waals surface area contributed by atoms with Gasteiger partial charge in [0.1, 0.15) is 53.2 Å². The smallest absolute Gasteiger partial charge is 0.338 e. The molecule has 0 bridgehead atoms. The molecule has 3 aliphatic heterocycles. The highest BCUT2D eigenvalue weighted by molar-refractivity contribution is 7.92. The number of halogens is 3. The van der Waals surface area contributed by atoms with E-state index in [1.807, 2.05) is 24.3 Å². The fourth-order valence-electron chi connectivity index (χ4n) is 14.1. The van der Waals surface area contributed by atoms with Gasteiger partial charge in [0.05, 0.1) is 90.5 Å². The van der Waals surface area contributed by atoms with Gasteiger partial charge in [-0.1, -0.05) is 42.5 Å². The van der Waals surface area contributed by atoms with Crippen LogP contribution in [0.3, 0.4) is 0 Å². The zero-order valence-corrected chi connectivity index (χ0v) is 66.9. The normalized spacial score (nSPS) is 13.0. The van der Waals surface area contributed by atoms with Crippen LogP contribution in [0.15, 0.2) is 158 Å². The van der Waals surface area contributed by atoms with E-state index in [1.165, 1.54) is 97.0 Å². The van der Waals surface area contributed by atoms with Gasteiger partial charge in [-0.15, -0.1) is 0 Å². The first-order valence-corrected chi connectivity index (χ1v) is 41.0. The number of hydrogen-bond acceptors (Lipinski definition) is 20. The molecule has 602 valence electrons. The van der Waals surface area contributed by atoms with E-state index in [9.17, 15) is 72.3 Å². The van der Waals surface area contributed by atoms with Crippen molar-refractivity contribution < 1.29 is 96.0 Å². The molecule has 14 rings (SSSR count). The average molecular weight is 1640 g/mol. The molecule has 0 unspecified atom stereocenters. The molecule has 3 aromatic heterocycles. The van der Waals surface area contributed by atoms with Crippen LogP contribution in [0.4, 0.5) is 30.2 Å². The van der Waals surface area contributed by atoms with Gasteiger partial charge in [-0.05, 0) is 137 Å². The molecule has 0 fully saturated rings. The number of rotatable bonds is 23. The molecule has 4 amide bonds. The molecule has 0 aliphatic carbocycles. The van der Waals surface area contributed by atoms with Gasteiger partial charge in [-0.3, -0.25) is 47.0 Å². The van der Waals surface area contributed by atoms with Gasteiger partial charge in [0.2, 0.25) is 30.1 Å². The van der Waals surface area contributed by atoms with Crippen LogP contribution in [0.1, 0.15) is 112 Å². The van der Waals surface area contributed by atoms with Crippen molar-refractivity contribution in [3.05, 3.63) is 259 Å². The first kappa shape index (κ1) is 82.5. The number of esters is 1. The molecule has 28 nitrogen and oxygen atoms in total. The number of aromatic nitrogens is 3. The van der Waals surface area contributed by atoms with Crippen LogP contribution in [0.5, 0.6) is 23.0 Å². The standard InChI is InChI=1S/C30H28FN3O7S.C29H26FN3O7S.C23H23FN4O4S/c1-33(42(4,37)38)27-22-6-5-13-32-26(22)28(41-17-18-7-11-21(39-2)12-8-18)25-24(27)16-34(29(25)35)15-19-9-10-20(31)14-23(19)30(36)40-3;1-32(41(3,37)38)26-21-5-4-12-31-25(21)27(40-16-17-6-10-20(39-2)11-7-17)24-23(26)15-33(28(24)34)14-18-8-9-19(30)13-22(18)29(35)36;1-13-19-18(21(27(3)33(4,31)32)16-6-5-9-26-20(13)16)12-28(23(19)30)11-14-7-8-15(24)10-17(14)22(29)25-2/h5-14H,15-17H2,1-4H3;4-13H,14-16H2,1-3H3,(H,35,36);5-10H,11-12H2,1-4H3,(H,25,29). The number of fused-ring (bicyclic) bond motifs is 6. The number of carbonyl (C=O) groups is 6. The lowest BCUT2D eigenvalue weighted by molar-refractivity contribution is 0.0593. The molecule has 2 N–H and O–H groups in total. The summed E-state index contributed by atoms with van der Waals surface area (Å²) in [5.74, 6) is -3.95. The number of hydrogen-bond donors (Lipinski definition) is 2. The molecule has 0 saturated carbocycles. The van der Waals surface area contributed by atoms with E-state index in [0.717, 1.165) is 62.8 Å². The Labute approximate surface area is 665 Å². The van der Waals surface area contributed by atoms with E-state index in [-0.39, 0.29) is 109 Å². The maximum absolute atomic E-state index is 14.0. The van der Waals surface area contributed by atoms with E-state index in [1.54, 1.807) is 88.0 Å². The number of sulfonamides is 3. The maximum Gasteiger partial charge on any atom is 0.338 e. The van der Waals surface area contributed by atoms with Crippen molar-refractivity contribution in [3.63, 3.8) is 0 Å². The van der Waals surface area contributed by atoms with Gasteiger partial charge in [0.25, 0.3) is 23.6 Å². The summed E-state index contributed by atoms with van der Waals surface area (Å²) in [5.41, 5.74) is 7.43. The Hall–Kier alpha value is -13.0. The summed E-state index contributed by atoms with van der Waals surface area (Å²) in [7, 11) is -1.10. The minimum atomic E-state index is -3.76. The second-order valence-corrected chi connectivity index (χ2v) is 33.4. The average Bonchev–Trinajstić information content (AvgIpc) is 1.54. The zero-order valence-electron chi connectivity index (χ0n) is 64.4. The van der Waals surface area contributed by atoms with Gasteiger partial charge in [0, 0.05) is 124 Å². The molecule has 34 heteroatoms. The molecule has 0 spiro atoms. The number of ether oxygens (including phenoxy) is 5. The highest BCUT2D eigenvalue weighted by Crippen LogP contribution is 2.49. The van der Waals surface area contributed by atoms with Crippen LogP contribution >= 0.6 is 0 Å². The van der Waals surface area contributed by atoms with Gasteiger partial charge in [-0.2, -0.15) is 0 Å². The lowest BCUT2D eigenvalue weighted by atomic mass is 9.97. The highest BCUT2D eigenvalue weighted by atomic mass is 32.2. The molecule has 8 aromatic carbocycles. The first-order chi connectivity index (χ1) is 55.1. The molecule has 3 aliphatic rings. The number of nitrogens with zero attached hydrogens (tertiary/aromatic N) is 9. The third-order valence-corrected chi connectivity index (χ3v) is 23.6. The largest absolute Gasteiger partial charge is 0.497 e. The summed E-state index contributed by atoms with van der Waals surface area (Å²) in [5, 5.41) is 13.7. The maximum atomic E-state index is 14.0. The lowest BCUT2D eigenvalue weighted by Gasteiger charge is -2.23. The van der Waals surface area contributed by atoms with E-state index in [4.69, 9.17) is 23.7 Å². The highest BCUT2D eigenvalue weighted by Gasteiger charge is 2.42. The van der Waals surface area contributed by atoms with E-state index in [0.29, 0.717) is 94.5 Å². The van der Waals surface area contributed by atoms with Gasteiger partial charge in [-0.25, -0.2) is 48.0 Å². The summed E-state index contributed by atoms with van der Waals surface area (Å²) in [4.78, 5) is 95.6. The monoisotopic (exact) mass is 1640 g/mol. The van der Waals surface area contributed by atoms with Crippen LogP contribution < -0.4 is 37.2 Å². The first-order valence-electron chi connectivity index (χ1n) is 35.4. The third kappa shape index (κ3) is 16.6. The molecular weight excluding hydrogens is 1570 g/mol. The molecule has 11 aromatic rings. The molecule has 0 radical (unpaired) electrons. The van der Waals surface area contributed by atoms with E-state index < -0.39 is 77.2 Å². The van der Waals surface area contributed by atoms with Crippen LogP contribution in [0, 0.1) is 24.4 Å². The summed E-state index contributed by atoms with van der Waals surface area (Å²) in [6, 6.07) is 35.5. The van der Waals surface area contributed by atoms with Gasteiger partial charge >= 0.3 is 11.9 Å². The van der Waals surface area contributed by atoms with Crippen LogP contribution in [0.2, 0.25) is 0 Å². The number of anilines is 3. The quantitative estimate of drug-likeness (QED) is 0.0562. The lowest BCUT2D eigenvalue weighted by Crippen LogP contribution is -2.27. The number of methoxy groups -OCH3 is 3. The van der Waals surface area contributed by atoms with Crippen molar-refractivity contribution in [2.45, 2.75) is 59.4 Å². The number of carboxylic acid groups (broad SMARTS) is 1. The second-order valence-electron chi connectivity index (χ2n) is 27.3. The van der Waals surface area contributed by atoms with Gasteiger partial charge < -0.3 is 48.8 Å². The van der Waals surface area contributed by atoms with Crippen molar-refractivity contribution in [3.8, 4) is 23.0 Å². The second kappa shape index (κ2) is 33.2. The predicted octanol–water partition coefficient (Wildman–Crippen LogP) is 11.1. The van der Waals surface area contributed by atoms with Crippen molar-refractivity contribution in [2.24, 2.45) is 0 Å². The number of carbonyl (C=O) groups excluding carboxylic acids is 5. The van der Waals surface area contributed by atoms with Crippen molar-refractivity contribution in [2.75, 3.05) is 81.2 Å². The Kier molecular flexibility index (Phi) is 23.6. The minimum absolute atomic E-state index is 0.00504. The van der Waals surface area contributed by atoms with Gasteiger partial charge in [0.15, 0.2) is 11.5 Å². The number of aryl methyl sites for hydroxylation is 1.